The van der Waals surface area contributed by atoms with Crippen LogP contribution in [0.2, 0.25) is 0 Å². The Hall–Kier alpha value is -0.380. The quantitative estimate of drug-likeness (QED) is 0.753. The van der Waals surface area contributed by atoms with Crippen molar-refractivity contribution in [3.8, 4) is 0 Å². The van der Waals surface area contributed by atoms with E-state index in [1.54, 1.807) is 11.8 Å². The van der Waals surface area contributed by atoms with Gasteiger partial charge in [0.2, 0.25) is 0 Å². The minimum absolute atomic E-state index is 0.110. The molecule has 1 saturated heterocycles. The maximum atomic E-state index is 11.5. The Balaban J connectivity index is 2.23. The lowest BCUT2D eigenvalue weighted by Crippen LogP contribution is -2.43. The third-order valence-corrected chi connectivity index (χ3v) is 3.01. The van der Waals surface area contributed by atoms with Crippen LogP contribution in [0, 0.1) is 0 Å². The van der Waals surface area contributed by atoms with Crippen molar-refractivity contribution >= 4 is 17.8 Å². The summed E-state index contributed by atoms with van der Waals surface area (Å²) in [5, 5.41) is 2.99. The molecule has 1 aliphatic rings. The van der Waals surface area contributed by atoms with Crippen LogP contribution in [0.3, 0.4) is 0 Å². The standard InChI is InChI=1S/C9H18N2OS/c1-8(7-13-2)10-9(12)11-5-3-4-6-11/h8H,3-7H2,1-2H3,(H,10,12). The Labute approximate surface area is 84.2 Å². The number of nitrogens with zero attached hydrogens (tertiary/aromatic N) is 1. The number of amides is 2. The highest BCUT2D eigenvalue weighted by Gasteiger charge is 2.18. The molecule has 0 aromatic carbocycles. The largest absolute Gasteiger partial charge is 0.335 e. The van der Waals surface area contributed by atoms with Crippen molar-refractivity contribution in [1.29, 1.82) is 0 Å². The van der Waals surface area contributed by atoms with Gasteiger partial charge in [-0.3, -0.25) is 0 Å². The van der Waals surface area contributed by atoms with Crippen LogP contribution < -0.4 is 5.32 Å². The summed E-state index contributed by atoms with van der Waals surface area (Å²) >= 11 is 1.76. The van der Waals surface area contributed by atoms with Gasteiger partial charge < -0.3 is 10.2 Å². The molecule has 1 aliphatic heterocycles. The van der Waals surface area contributed by atoms with Crippen LogP contribution in [-0.2, 0) is 0 Å². The second kappa shape index (κ2) is 5.37. The first-order chi connectivity index (χ1) is 6.24. The van der Waals surface area contributed by atoms with Crippen LogP contribution in [0.25, 0.3) is 0 Å². The molecule has 3 nitrogen and oxygen atoms in total. The van der Waals surface area contributed by atoms with E-state index < -0.39 is 0 Å². The first-order valence-corrected chi connectivity index (χ1v) is 6.18. The molecule has 1 atom stereocenters. The molecule has 0 aromatic rings. The maximum absolute atomic E-state index is 11.5. The number of hydrogen-bond donors (Lipinski definition) is 1. The van der Waals surface area contributed by atoms with Crippen molar-refractivity contribution in [2.75, 3.05) is 25.1 Å². The Morgan fingerprint density at radius 3 is 2.69 bits per heavy atom. The third kappa shape index (κ3) is 3.46. The summed E-state index contributed by atoms with van der Waals surface area (Å²) in [4.78, 5) is 13.4. The number of thioether (sulfide) groups is 1. The summed E-state index contributed by atoms with van der Waals surface area (Å²) in [6.07, 6.45) is 4.37. The molecule has 0 aliphatic carbocycles. The second-order valence-corrected chi connectivity index (χ2v) is 4.41. The van der Waals surface area contributed by atoms with Gasteiger partial charge in [-0.15, -0.1) is 0 Å². The monoisotopic (exact) mass is 202 g/mol. The van der Waals surface area contributed by atoms with Gasteiger partial charge in [0.05, 0.1) is 0 Å². The van der Waals surface area contributed by atoms with E-state index in [1.165, 1.54) is 0 Å². The SMILES string of the molecule is CSCC(C)NC(=O)N1CCCC1. The van der Waals surface area contributed by atoms with Crippen molar-refractivity contribution in [1.82, 2.24) is 10.2 Å². The van der Waals surface area contributed by atoms with E-state index in [9.17, 15) is 4.79 Å². The smallest absolute Gasteiger partial charge is 0.317 e. The molecule has 76 valence electrons. The third-order valence-electron chi connectivity index (χ3n) is 2.18. The highest BCUT2D eigenvalue weighted by Crippen LogP contribution is 2.07. The Bertz CT molecular complexity index is 169. The summed E-state index contributed by atoms with van der Waals surface area (Å²) in [5.74, 6) is 0.986. The fourth-order valence-electron chi connectivity index (χ4n) is 1.51. The van der Waals surface area contributed by atoms with E-state index in [4.69, 9.17) is 0 Å². The van der Waals surface area contributed by atoms with Gasteiger partial charge in [-0.25, -0.2) is 4.79 Å². The first kappa shape index (κ1) is 10.7. The fraction of sp³-hybridized carbons (Fsp3) is 0.889. The van der Waals surface area contributed by atoms with Gasteiger partial charge in [-0.2, -0.15) is 11.8 Å². The molecule has 0 bridgehead atoms. The summed E-state index contributed by atoms with van der Waals surface area (Å²) in [6, 6.07) is 0.391. The zero-order valence-electron chi connectivity index (χ0n) is 8.38. The van der Waals surface area contributed by atoms with Crippen LogP contribution in [-0.4, -0.2) is 42.1 Å². The van der Waals surface area contributed by atoms with Crippen LogP contribution in [0.1, 0.15) is 19.8 Å². The van der Waals surface area contributed by atoms with Crippen LogP contribution in [0.5, 0.6) is 0 Å². The van der Waals surface area contributed by atoms with E-state index in [2.05, 4.69) is 11.6 Å². The number of rotatable bonds is 3. The van der Waals surface area contributed by atoms with Crippen molar-refractivity contribution in [2.45, 2.75) is 25.8 Å². The molecule has 2 amide bonds. The predicted octanol–water partition coefficient (Wildman–Crippen LogP) is 1.54. The van der Waals surface area contributed by atoms with Gasteiger partial charge in [0.15, 0.2) is 0 Å². The molecule has 0 radical (unpaired) electrons. The normalized spacial score (nSPS) is 18.8. The number of urea groups is 1. The van der Waals surface area contributed by atoms with Gasteiger partial charge in [0.25, 0.3) is 0 Å². The number of carbonyl (C=O) groups excluding carboxylic acids is 1. The van der Waals surface area contributed by atoms with Crippen molar-refractivity contribution in [2.24, 2.45) is 0 Å². The zero-order valence-corrected chi connectivity index (χ0v) is 9.19. The Kier molecular flexibility index (Phi) is 4.42. The topological polar surface area (TPSA) is 32.3 Å². The number of carbonyl (C=O) groups is 1. The average Bonchev–Trinajstić information content (AvgIpc) is 2.55. The average molecular weight is 202 g/mol. The predicted molar refractivity (Wildman–Crippen MR) is 57.2 cm³/mol. The summed E-state index contributed by atoms with van der Waals surface area (Å²) in [5.41, 5.74) is 0. The van der Waals surface area contributed by atoms with Gasteiger partial charge in [-0.1, -0.05) is 0 Å². The van der Waals surface area contributed by atoms with Crippen molar-refractivity contribution in [3.05, 3.63) is 0 Å². The molecule has 0 saturated carbocycles. The molecule has 1 fully saturated rings. The summed E-state index contributed by atoms with van der Waals surface area (Å²) in [6.45, 7) is 3.90. The number of hydrogen-bond acceptors (Lipinski definition) is 2. The zero-order chi connectivity index (χ0) is 9.68. The maximum Gasteiger partial charge on any atom is 0.317 e. The van der Waals surface area contributed by atoms with E-state index >= 15 is 0 Å². The van der Waals surface area contributed by atoms with Crippen LogP contribution in [0.4, 0.5) is 4.79 Å². The van der Waals surface area contributed by atoms with Crippen molar-refractivity contribution < 1.29 is 4.79 Å². The lowest BCUT2D eigenvalue weighted by Gasteiger charge is -2.19. The Morgan fingerprint density at radius 1 is 1.54 bits per heavy atom. The molecule has 1 unspecified atom stereocenters. The van der Waals surface area contributed by atoms with E-state index in [0.29, 0.717) is 0 Å². The highest BCUT2D eigenvalue weighted by atomic mass is 32.2. The van der Waals surface area contributed by atoms with Gasteiger partial charge >= 0.3 is 6.03 Å². The van der Waals surface area contributed by atoms with E-state index in [1.807, 2.05) is 11.8 Å². The molecular formula is C9H18N2OS. The molecular weight excluding hydrogens is 184 g/mol. The molecule has 0 spiro atoms. The fourth-order valence-corrected chi connectivity index (χ4v) is 2.10. The summed E-state index contributed by atoms with van der Waals surface area (Å²) < 4.78 is 0. The molecule has 1 N–H and O–H groups in total. The molecule has 1 rings (SSSR count). The number of likely N-dealkylation sites (tertiary alicyclic amines) is 1. The van der Waals surface area contributed by atoms with E-state index in [-0.39, 0.29) is 12.1 Å². The molecule has 4 heteroatoms. The second-order valence-electron chi connectivity index (χ2n) is 3.50. The lowest BCUT2D eigenvalue weighted by atomic mass is 10.4. The van der Waals surface area contributed by atoms with E-state index in [0.717, 1.165) is 31.7 Å². The van der Waals surface area contributed by atoms with Gasteiger partial charge in [0, 0.05) is 24.9 Å². The number of nitrogens with one attached hydrogen (secondary N) is 1. The van der Waals surface area contributed by atoms with Gasteiger partial charge in [-0.05, 0) is 26.0 Å². The van der Waals surface area contributed by atoms with Crippen LogP contribution in [0.15, 0.2) is 0 Å². The first-order valence-electron chi connectivity index (χ1n) is 4.78. The summed E-state index contributed by atoms with van der Waals surface area (Å²) in [7, 11) is 0. The van der Waals surface area contributed by atoms with Gasteiger partial charge in [0.1, 0.15) is 0 Å². The minimum Gasteiger partial charge on any atom is -0.335 e. The Morgan fingerprint density at radius 2 is 2.15 bits per heavy atom. The van der Waals surface area contributed by atoms with Crippen molar-refractivity contribution in [3.63, 3.8) is 0 Å². The molecule has 13 heavy (non-hydrogen) atoms. The molecule has 1 heterocycles. The van der Waals surface area contributed by atoms with Crippen LogP contribution >= 0.6 is 11.8 Å². The highest BCUT2D eigenvalue weighted by molar-refractivity contribution is 7.98. The lowest BCUT2D eigenvalue weighted by molar-refractivity contribution is 0.206. The molecule has 0 aromatic heterocycles. The minimum atomic E-state index is 0.110.